The maximum atomic E-state index is 13.1. The summed E-state index contributed by atoms with van der Waals surface area (Å²) in [7, 11) is 1.30. The molecule has 5 atom stereocenters. The lowest BCUT2D eigenvalue weighted by molar-refractivity contribution is -0.152. The lowest BCUT2D eigenvalue weighted by atomic mass is 9.97. The number of nitrogens with one attached hydrogen (secondary N) is 2. The van der Waals surface area contributed by atoms with E-state index in [1.165, 1.54) is 12.0 Å². The molecule has 3 amide bonds. The summed E-state index contributed by atoms with van der Waals surface area (Å²) in [4.78, 5) is 51.0. The van der Waals surface area contributed by atoms with Crippen LogP contribution in [0.1, 0.15) is 46.5 Å². The summed E-state index contributed by atoms with van der Waals surface area (Å²) in [6.45, 7) is 6.69. The van der Waals surface area contributed by atoms with Crippen LogP contribution in [0.4, 0.5) is 0 Å². The van der Waals surface area contributed by atoms with Gasteiger partial charge in [0, 0.05) is 13.1 Å². The van der Waals surface area contributed by atoms with Gasteiger partial charge in [0.25, 0.3) is 11.8 Å². The number of rotatable bonds is 9. The molecule has 2 saturated heterocycles. The minimum atomic E-state index is -0.883. The maximum Gasteiger partial charge on any atom is 0.328 e. The molecular formula is C19H31N3O6. The maximum absolute atomic E-state index is 13.1. The summed E-state index contributed by atoms with van der Waals surface area (Å²) >= 11 is 0. The van der Waals surface area contributed by atoms with Crippen LogP contribution in [0.15, 0.2) is 0 Å². The van der Waals surface area contributed by atoms with Crippen molar-refractivity contribution < 1.29 is 28.7 Å². The van der Waals surface area contributed by atoms with Crippen LogP contribution < -0.4 is 10.6 Å². The van der Waals surface area contributed by atoms with Crippen LogP contribution in [0, 0.1) is 5.92 Å². The zero-order chi connectivity index (χ0) is 20.8. The van der Waals surface area contributed by atoms with E-state index in [1.807, 2.05) is 20.8 Å². The van der Waals surface area contributed by atoms with E-state index < -0.39 is 36.2 Å². The molecule has 0 aliphatic carbocycles. The Balaban J connectivity index is 2.02. The molecule has 2 aliphatic rings. The molecular weight excluding hydrogens is 366 g/mol. The first-order valence-electron chi connectivity index (χ1n) is 9.97. The van der Waals surface area contributed by atoms with Crippen molar-refractivity contribution in [2.75, 3.05) is 20.2 Å². The SMILES string of the molecule is CCCNC(=O)[C@H]1O[C@@H]1C(=O)N[C@H](C(=O)N1CCC[C@H]1C(=O)OC)C(C)CC. The highest BCUT2D eigenvalue weighted by Gasteiger charge is 2.51. The van der Waals surface area contributed by atoms with Crippen molar-refractivity contribution in [1.82, 2.24) is 15.5 Å². The Labute approximate surface area is 165 Å². The molecule has 0 saturated carbocycles. The second-order valence-corrected chi connectivity index (χ2v) is 7.35. The largest absolute Gasteiger partial charge is 0.467 e. The van der Waals surface area contributed by atoms with Crippen LogP contribution in [0.5, 0.6) is 0 Å². The van der Waals surface area contributed by atoms with Crippen LogP contribution in [0.2, 0.25) is 0 Å². The number of carbonyl (C=O) groups is 4. The van der Waals surface area contributed by atoms with Crippen LogP contribution in [0.25, 0.3) is 0 Å². The van der Waals surface area contributed by atoms with Gasteiger partial charge in [0.05, 0.1) is 7.11 Å². The molecule has 9 heteroatoms. The fourth-order valence-electron chi connectivity index (χ4n) is 3.37. The third kappa shape index (κ3) is 5.01. The first-order chi connectivity index (χ1) is 13.3. The fourth-order valence-corrected chi connectivity index (χ4v) is 3.37. The molecule has 2 N–H and O–H groups in total. The molecule has 0 radical (unpaired) electrons. The molecule has 158 valence electrons. The van der Waals surface area contributed by atoms with Gasteiger partial charge in [0.2, 0.25) is 5.91 Å². The van der Waals surface area contributed by atoms with E-state index in [0.29, 0.717) is 32.4 Å². The van der Waals surface area contributed by atoms with Crippen molar-refractivity contribution >= 4 is 23.7 Å². The predicted octanol–water partition coefficient (Wildman–Crippen LogP) is -0.0251. The molecule has 0 aromatic rings. The number of epoxide rings is 1. The lowest BCUT2D eigenvalue weighted by Gasteiger charge is -2.30. The van der Waals surface area contributed by atoms with Gasteiger partial charge in [-0.3, -0.25) is 14.4 Å². The van der Waals surface area contributed by atoms with E-state index in [1.54, 1.807) is 0 Å². The Bertz CT molecular complexity index is 610. The summed E-state index contributed by atoms with van der Waals surface area (Å²) < 4.78 is 10.0. The third-order valence-corrected chi connectivity index (χ3v) is 5.34. The van der Waals surface area contributed by atoms with Crippen molar-refractivity contribution in [3.05, 3.63) is 0 Å². The van der Waals surface area contributed by atoms with E-state index in [0.717, 1.165) is 6.42 Å². The minimum absolute atomic E-state index is 0.138. The van der Waals surface area contributed by atoms with Gasteiger partial charge in [0.15, 0.2) is 12.2 Å². The fraction of sp³-hybridized carbons (Fsp3) is 0.789. The van der Waals surface area contributed by atoms with Gasteiger partial charge >= 0.3 is 5.97 Å². The van der Waals surface area contributed by atoms with E-state index >= 15 is 0 Å². The first-order valence-corrected chi connectivity index (χ1v) is 9.97. The predicted molar refractivity (Wildman–Crippen MR) is 100 cm³/mol. The Morgan fingerprint density at radius 2 is 1.86 bits per heavy atom. The van der Waals surface area contributed by atoms with Crippen LogP contribution in [-0.4, -0.2) is 73.1 Å². The number of methoxy groups -OCH3 is 1. The zero-order valence-electron chi connectivity index (χ0n) is 17.0. The van der Waals surface area contributed by atoms with E-state index in [4.69, 9.17) is 9.47 Å². The molecule has 9 nitrogen and oxygen atoms in total. The minimum Gasteiger partial charge on any atom is -0.467 e. The molecule has 0 bridgehead atoms. The highest BCUT2D eigenvalue weighted by Crippen LogP contribution is 2.25. The van der Waals surface area contributed by atoms with Crippen molar-refractivity contribution in [3.8, 4) is 0 Å². The van der Waals surface area contributed by atoms with E-state index in [-0.39, 0.29) is 17.7 Å². The molecule has 0 aromatic heterocycles. The van der Waals surface area contributed by atoms with Crippen LogP contribution >= 0.6 is 0 Å². The first kappa shape index (κ1) is 22.1. The van der Waals surface area contributed by atoms with Gasteiger partial charge in [-0.05, 0) is 25.2 Å². The van der Waals surface area contributed by atoms with Gasteiger partial charge in [-0.25, -0.2) is 4.79 Å². The number of nitrogens with zero attached hydrogens (tertiary/aromatic N) is 1. The smallest absolute Gasteiger partial charge is 0.328 e. The summed E-state index contributed by atoms with van der Waals surface area (Å²) in [5, 5.41) is 5.43. The van der Waals surface area contributed by atoms with Crippen molar-refractivity contribution in [2.45, 2.75) is 70.7 Å². The average molecular weight is 397 g/mol. The van der Waals surface area contributed by atoms with Gasteiger partial charge in [0.1, 0.15) is 12.1 Å². The summed E-state index contributed by atoms with van der Waals surface area (Å²) in [5.74, 6) is -1.69. The number of ether oxygens (including phenoxy) is 2. The standard InChI is InChI=1S/C19H31N3O6/c1-5-9-20-16(23)14-15(28-14)17(24)21-13(11(3)6-2)18(25)22-10-7-8-12(22)19(26)27-4/h11-15H,5-10H2,1-4H3,(H,20,23)(H,21,24)/t11?,12-,13-,14-,15-/m0/s1. The normalized spacial score (nSPS) is 25.6. The molecule has 0 spiro atoms. The lowest BCUT2D eigenvalue weighted by Crippen LogP contribution is -2.55. The second-order valence-electron chi connectivity index (χ2n) is 7.35. The Hall–Kier alpha value is -2.16. The van der Waals surface area contributed by atoms with Crippen LogP contribution in [-0.2, 0) is 28.7 Å². The van der Waals surface area contributed by atoms with Crippen LogP contribution in [0.3, 0.4) is 0 Å². The molecule has 0 aromatic carbocycles. The topological polar surface area (TPSA) is 117 Å². The Kier molecular flexibility index (Phi) is 7.79. The summed E-state index contributed by atoms with van der Waals surface area (Å²) in [6.07, 6.45) is 1.01. The number of amides is 3. The molecule has 2 fully saturated rings. The van der Waals surface area contributed by atoms with Crippen molar-refractivity contribution in [2.24, 2.45) is 5.92 Å². The number of hydrogen-bond donors (Lipinski definition) is 2. The third-order valence-electron chi connectivity index (χ3n) is 5.34. The molecule has 2 aliphatic heterocycles. The van der Waals surface area contributed by atoms with Gasteiger partial charge in [-0.2, -0.15) is 0 Å². The quantitative estimate of drug-likeness (QED) is 0.417. The average Bonchev–Trinajstić information content (AvgIpc) is 3.36. The Morgan fingerprint density at radius 1 is 1.18 bits per heavy atom. The molecule has 2 rings (SSSR count). The summed E-state index contributed by atoms with van der Waals surface area (Å²) in [6, 6.07) is -1.41. The van der Waals surface area contributed by atoms with Crippen molar-refractivity contribution in [1.29, 1.82) is 0 Å². The molecule has 1 unspecified atom stereocenters. The van der Waals surface area contributed by atoms with Gasteiger partial charge in [-0.15, -0.1) is 0 Å². The Morgan fingerprint density at radius 3 is 2.46 bits per heavy atom. The number of hydrogen-bond acceptors (Lipinski definition) is 6. The highest BCUT2D eigenvalue weighted by atomic mass is 16.6. The van der Waals surface area contributed by atoms with E-state index in [9.17, 15) is 19.2 Å². The number of esters is 1. The molecule has 2 heterocycles. The highest BCUT2D eigenvalue weighted by molar-refractivity contribution is 5.97. The number of likely N-dealkylation sites (tertiary alicyclic amines) is 1. The van der Waals surface area contributed by atoms with Crippen molar-refractivity contribution in [3.63, 3.8) is 0 Å². The molecule has 28 heavy (non-hydrogen) atoms. The van der Waals surface area contributed by atoms with Gasteiger partial charge < -0.3 is 25.0 Å². The second kappa shape index (κ2) is 9.86. The van der Waals surface area contributed by atoms with Gasteiger partial charge in [-0.1, -0.05) is 27.2 Å². The van der Waals surface area contributed by atoms with E-state index in [2.05, 4.69) is 10.6 Å². The monoisotopic (exact) mass is 397 g/mol. The zero-order valence-corrected chi connectivity index (χ0v) is 17.0. The summed E-state index contributed by atoms with van der Waals surface area (Å²) in [5.41, 5.74) is 0. The number of carbonyl (C=O) groups excluding carboxylic acids is 4.